The third-order valence-electron chi connectivity index (χ3n) is 1.56. The Hall–Kier alpha value is -0.260. The zero-order valence-electron chi connectivity index (χ0n) is 6.58. The van der Waals surface area contributed by atoms with Crippen molar-refractivity contribution in [1.82, 2.24) is 0 Å². The summed E-state index contributed by atoms with van der Waals surface area (Å²) in [5, 5.41) is 9.27. The minimum Gasteiger partial charge on any atom is -0.507 e. The van der Waals surface area contributed by atoms with Crippen LogP contribution < -0.4 is 0 Å². The van der Waals surface area contributed by atoms with Gasteiger partial charge in [-0.1, -0.05) is 15.9 Å². The second kappa shape index (κ2) is 3.48. The molecule has 0 aliphatic rings. The molecule has 1 rings (SSSR count). The van der Waals surface area contributed by atoms with Gasteiger partial charge < -0.3 is 5.11 Å². The summed E-state index contributed by atoms with van der Waals surface area (Å²) < 4.78 is 22.6. The molecule has 0 heterocycles. The monoisotopic (exact) mass is 284 g/mol. The van der Waals surface area contributed by atoms with Crippen molar-refractivity contribution >= 4 is 35.7 Å². The minimum atomic E-state index is -3.89. The first-order valence-corrected chi connectivity index (χ1v) is 6.37. The van der Waals surface area contributed by atoms with E-state index in [4.69, 9.17) is 10.7 Å². The molecule has 0 saturated heterocycles. The maximum Gasteiger partial charge on any atom is 0.265 e. The van der Waals surface area contributed by atoms with Gasteiger partial charge in [0.25, 0.3) is 9.05 Å². The highest BCUT2D eigenvalue weighted by atomic mass is 79.9. The molecule has 1 N–H and O–H groups in total. The average molecular weight is 286 g/mol. The third-order valence-corrected chi connectivity index (χ3v) is 3.89. The minimum absolute atomic E-state index is 0.247. The molecule has 1 aromatic rings. The number of phenols is 1. The van der Waals surface area contributed by atoms with Crippen LogP contribution in [0.25, 0.3) is 0 Å². The van der Waals surface area contributed by atoms with E-state index in [1.807, 2.05) is 0 Å². The summed E-state index contributed by atoms with van der Waals surface area (Å²) in [5.41, 5.74) is 0.398. The van der Waals surface area contributed by atoms with Gasteiger partial charge in [0, 0.05) is 15.2 Å². The Morgan fingerprint density at radius 3 is 2.38 bits per heavy atom. The Labute approximate surface area is 88.9 Å². The summed E-state index contributed by atoms with van der Waals surface area (Å²) in [6, 6.07) is 2.82. The molecule has 0 radical (unpaired) electrons. The summed E-state index contributed by atoms with van der Waals surface area (Å²) in [6.07, 6.45) is 0. The van der Waals surface area contributed by atoms with Crippen molar-refractivity contribution < 1.29 is 13.5 Å². The van der Waals surface area contributed by atoms with E-state index in [-0.39, 0.29) is 10.6 Å². The molecule has 0 unspecified atom stereocenters. The lowest BCUT2D eigenvalue weighted by Crippen LogP contribution is -1.95. The SMILES string of the molecule is Cc1c(Br)ccc(O)c1S(=O)(=O)Cl. The lowest BCUT2D eigenvalue weighted by atomic mass is 10.2. The van der Waals surface area contributed by atoms with Crippen molar-refractivity contribution in [2.75, 3.05) is 0 Å². The fraction of sp³-hybridized carbons (Fsp3) is 0.143. The van der Waals surface area contributed by atoms with Gasteiger partial charge in [0.15, 0.2) is 0 Å². The topological polar surface area (TPSA) is 54.4 Å². The van der Waals surface area contributed by atoms with E-state index in [9.17, 15) is 13.5 Å². The molecule has 0 aliphatic carbocycles. The summed E-state index contributed by atoms with van der Waals surface area (Å²) in [4.78, 5) is -0.247. The Kier molecular flexibility index (Phi) is 2.89. The van der Waals surface area contributed by atoms with E-state index in [0.29, 0.717) is 10.0 Å². The first-order valence-electron chi connectivity index (χ1n) is 3.27. The van der Waals surface area contributed by atoms with Gasteiger partial charge in [-0.2, -0.15) is 0 Å². The molecular formula is C7H6BrClO3S. The number of rotatable bonds is 1. The van der Waals surface area contributed by atoms with Gasteiger partial charge in [-0.25, -0.2) is 8.42 Å². The Bertz CT molecular complexity index is 441. The number of phenolic OH excluding ortho intramolecular Hbond substituents is 1. The van der Waals surface area contributed by atoms with Crippen molar-refractivity contribution in [3.63, 3.8) is 0 Å². The van der Waals surface area contributed by atoms with E-state index in [0.717, 1.165) is 0 Å². The molecule has 0 atom stereocenters. The van der Waals surface area contributed by atoms with Crippen LogP contribution in [0.1, 0.15) is 5.56 Å². The molecule has 72 valence electrons. The summed E-state index contributed by atoms with van der Waals surface area (Å²) >= 11 is 3.14. The molecule has 0 bridgehead atoms. The molecule has 0 amide bonds. The van der Waals surface area contributed by atoms with E-state index in [1.54, 1.807) is 13.0 Å². The van der Waals surface area contributed by atoms with Crippen molar-refractivity contribution in [2.45, 2.75) is 11.8 Å². The second-order valence-corrected chi connectivity index (χ2v) is 5.82. The van der Waals surface area contributed by atoms with Crippen LogP contribution in [0.5, 0.6) is 5.75 Å². The molecule has 0 aromatic heterocycles. The fourth-order valence-corrected chi connectivity index (χ4v) is 2.80. The zero-order chi connectivity index (χ0) is 10.2. The Morgan fingerprint density at radius 2 is 2.00 bits per heavy atom. The maximum atomic E-state index is 11.0. The number of hydrogen-bond donors (Lipinski definition) is 1. The van der Waals surface area contributed by atoms with Crippen molar-refractivity contribution in [1.29, 1.82) is 0 Å². The summed E-state index contributed by atoms with van der Waals surface area (Å²) in [5.74, 6) is -0.337. The van der Waals surface area contributed by atoms with Crippen LogP contribution in [0.3, 0.4) is 0 Å². The zero-order valence-corrected chi connectivity index (χ0v) is 9.74. The molecule has 0 saturated carbocycles. The van der Waals surface area contributed by atoms with Crippen molar-refractivity contribution in [3.05, 3.63) is 22.2 Å². The lowest BCUT2D eigenvalue weighted by Gasteiger charge is -2.05. The number of halogens is 2. The smallest absolute Gasteiger partial charge is 0.265 e. The van der Waals surface area contributed by atoms with Crippen LogP contribution in [-0.4, -0.2) is 13.5 Å². The van der Waals surface area contributed by atoms with Gasteiger partial charge in [-0.15, -0.1) is 0 Å². The van der Waals surface area contributed by atoms with Gasteiger partial charge in [-0.05, 0) is 24.6 Å². The number of benzene rings is 1. The van der Waals surface area contributed by atoms with Crippen LogP contribution >= 0.6 is 26.6 Å². The third kappa shape index (κ3) is 2.15. The van der Waals surface area contributed by atoms with E-state index in [2.05, 4.69) is 15.9 Å². The highest BCUT2D eigenvalue weighted by Gasteiger charge is 2.19. The van der Waals surface area contributed by atoms with E-state index < -0.39 is 9.05 Å². The predicted octanol–water partition coefficient (Wildman–Crippen LogP) is 2.39. The van der Waals surface area contributed by atoms with E-state index >= 15 is 0 Å². The highest BCUT2D eigenvalue weighted by Crippen LogP contribution is 2.33. The average Bonchev–Trinajstić information content (AvgIpc) is 1.95. The standard InChI is InChI=1S/C7H6BrClO3S/c1-4-5(8)2-3-6(10)7(4)13(9,11)12/h2-3,10H,1H3. The van der Waals surface area contributed by atoms with Gasteiger partial charge in [0.2, 0.25) is 0 Å². The van der Waals surface area contributed by atoms with Gasteiger partial charge in [-0.3, -0.25) is 0 Å². The van der Waals surface area contributed by atoms with Crippen LogP contribution in [0.4, 0.5) is 0 Å². The first kappa shape index (κ1) is 10.8. The normalized spacial score (nSPS) is 11.6. The molecule has 3 nitrogen and oxygen atoms in total. The molecule has 6 heteroatoms. The van der Waals surface area contributed by atoms with Crippen LogP contribution in [0.15, 0.2) is 21.5 Å². The Balaban J connectivity index is 3.62. The molecule has 0 spiro atoms. The Morgan fingerprint density at radius 1 is 1.46 bits per heavy atom. The molecule has 13 heavy (non-hydrogen) atoms. The lowest BCUT2D eigenvalue weighted by molar-refractivity contribution is 0.458. The van der Waals surface area contributed by atoms with Crippen LogP contribution in [-0.2, 0) is 9.05 Å². The van der Waals surface area contributed by atoms with Crippen LogP contribution in [0.2, 0.25) is 0 Å². The van der Waals surface area contributed by atoms with Gasteiger partial charge >= 0.3 is 0 Å². The predicted molar refractivity (Wildman–Crippen MR) is 53.6 cm³/mol. The first-order chi connectivity index (χ1) is 5.84. The fourth-order valence-electron chi connectivity index (χ4n) is 0.961. The molecule has 0 fully saturated rings. The van der Waals surface area contributed by atoms with Gasteiger partial charge in [0.1, 0.15) is 10.6 Å². The van der Waals surface area contributed by atoms with Crippen molar-refractivity contribution in [2.24, 2.45) is 0 Å². The van der Waals surface area contributed by atoms with E-state index in [1.165, 1.54) is 6.07 Å². The molecule has 1 aromatic carbocycles. The summed E-state index contributed by atoms with van der Waals surface area (Å²) in [6.45, 7) is 1.55. The quantitative estimate of drug-likeness (QED) is 0.806. The second-order valence-electron chi connectivity index (χ2n) is 2.46. The number of hydrogen-bond acceptors (Lipinski definition) is 3. The summed E-state index contributed by atoms with van der Waals surface area (Å²) in [7, 11) is 1.24. The molecular weight excluding hydrogens is 279 g/mol. The van der Waals surface area contributed by atoms with Gasteiger partial charge in [0.05, 0.1) is 0 Å². The van der Waals surface area contributed by atoms with Crippen LogP contribution in [0, 0.1) is 6.92 Å². The number of aromatic hydroxyl groups is 1. The largest absolute Gasteiger partial charge is 0.507 e. The van der Waals surface area contributed by atoms with Crippen molar-refractivity contribution in [3.8, 4) is 5.75 Å². The maximum absolute atomic E-state index is 11.0. The highest BCUT2D eigenvalue weighted by molar-refractivity contribution is 9.10. The molecule has 0 aliphatic heterocycles.